The number of aromatic nitrogens is 2. The number of fused-ring (bicyclic) bond motifs is 2. The molecule has 4 rings (SSSR count). The number of nitrogen functional groups attached to an aromatic ring is 1. The molecule has 1 unspecified atom stereocenters. The Morgan fingerprint density at radius 3 is 2.63 bits per heavy atom. The molecule has 6 heteroatoms. The fourth-order valence-corrected chi connectivity index (χ4v) is 4.00. The maximum absolute atomic E-state index is 10.4. The molecule has 0 saturated carbocycles. The summed E-state index contributed by atoms with van der Waals surface area (Å²) in [6.45, 7) is 8.68. The van der Waals surface area contributed by atoms with Crippen LogP contribution in [0.25, 0.3) is 11.0 Å². The highest BCUT2D eigenvalue weighted by Crippen LogP contribution is 2.43. The van der Waals surface area contributed by atoms with Crippen LogP contribution < -0.4 is 10.5 Å². The SMILES string of the molecule is Br.Cc1c(C)c2c(c(C)c1O)CCC(C)(Cn1c(N)nc3ccccc31)O2. The van der Waals surface area contributed by atoms with Crippen LogP contribution in [0, 0.1) is 20.8 Å². The highest BCUT2D eigenvalue weighted by atomic mass is 79.9. The fraction of sp³-hybridized carbons (Fsp3) is 0.381. The molecular weight excluding hydrogens is 406 g/mol. The van der Waals surface area contributed by atoms with E-state index in [1.165, 1.54) is 0 Å². The summed E-state index contributed by atoms with van der Waals surface area (Å²) >= 11 is 0. The molecule has 0 bridgehead atoms. The summed E-state index contributed by atoms with van der Waals surface area (Å²) in [6, 6.07) is 7.98. The summed E-state index contributed by atoms with van der Waals surface area (Å²) in [7, 11) is 0. The maximum Gasteiger partial charge on any atom is 0.201 e. The Balaban J connectivity index is 0.00000210. The predicted molar refractivity (Wildman–Crippen MR) is 114 cm³/mol. The number of phenolic OH excluding ortho intramolecular Hbond substituents is 1. The average Bonchev–Trinajstić information content (AvgIpc) is 2.93. The van der Waals surface area contributed by atoms with Gasteiger partial charge in [-0.25, -0.2) is 4.98 Å². The summed E-state index contributed by atoms with van der Waals surface area (Å²) in [4.78, 5) is 4.46. The number of imidazole rings is 1. The molecule has 2 aromatic carbocycles. The van der Waals surface area contributed by atoms with Gasteiger partial charge in [0.15, 0.2) is 0 Å². The van der Waals surface area contributed by atoms with E-state index in [1.807, 2.05) is 49.6 Å². The number of benzene rings is 2. The molecule has 3 aromatic rings. The van der Waals surface area contributed by atoms with E-state index >= 15 is 0 Å². The van der Waals surface area contributed by atoms with Crippen molar-refractivity contribution in [2.75, 3.05) is 5.73 Å². The lowest BCUT2D eigenvalue weighted by molar-refractivity contribution is 0.0477. The number of ether oxygens (including phenoxy) is 1. The van der Waals surface area contributed by atoms with E-state index in [1.54, 1.807) is 0 Å². The number of aromatic hydroxyl groups is 1. The topological polar surface area (TPSA) is 73.3 Å². The summed E-state index contributed by atoms with van der Waals surface area (Å²) in [5, 5.41) is 10.4. The minimum Gasteiger partial charge on any atom is -0.507 e. The first-order chi connectivity index (χ1) is 12.3. The van der Waals surface area contributed by atoms with Gasteiger partial charge in [-0.05, 0) is 69.4 Å². The van der Waals surface area contributed by atoms with Gasteiger partial charge in [0.2, 0.25) is 5.95 Å². The van der Waals surface area contributed by atoms with Gasteiger partial charge in [-0.2, -0.15) is 0 Å². The third kappa shape index (κ3) is 3.06. The fourth-order valence-electron chi connectivity index (χ4n) is 4.00. The molecule has 0 saturated heterocycles. The molecule has 0 fully saturated rings. The monoisotopic (exact) mass is 431 g/mol. The summed E-state index contributed by atoms with van der Waals surface area (Å²) in [5.41, 5.74) is 11.7. The highest BCUT2D eigenvalue weighted by molar-refractivity contribution is 8.93. The second kappa shape index (κ2) is 6.75. The van der Waals surface area contributed by atoms with Crippen LogP contribution in [-0.2, 0) is 13.0 Å². The van der Waals surface area contributed by atoms with E-state index in [2.05, 4.69) is 11.9 Å². The Hall–Kier alpha value is -2.21. The smallest absolute Gasteiger partial charge is 0.201 e. The first-order valence-corrected chi connectivity index (χ1v) is 9.02. The molecule has 5 nitrogen and oxygen atoms in total. The van der Waals surface area contributed by atoms with Gasteiger partial charge >= 0.3 is 0 Å². The number of hydrogen-bond acceptors (Lipinski definition) is 4. The standard InChI is InChI=1S/C21H25N3O2.BrH/c1-12-13(2)19-15(14(3)18(12)25)9-10-21(4,26-19)11-24-17-8-6-5-7-16(17)23-20(24)22;/h5-8,25H,9-11H2,1-4H3,(H2,22,23);1H. The molecular formula is C21H26BrN3O2. The third-order valence-electron chi connectivity index (χ3n) is 5.77. The van der Waals surface area contributed by atoms with E-state index in [9.17, 15) is 5.11 Å². The van der Waals surface area contributed by atoms with Gasteiger partial charge in [-0.15, -0.1) is 17.0 Å². The number of hydrogen-bond donors (Lipinski definition) is 2. The number of para-hydroxylation sites is 2. The van der Waals surface area contributed by atoms with E-state index in [4.69, 9.17) is 10.5 Å². The van der Waals surface area contributed by atoms with Crippen molar-refractivity contribution in [2.45, 2.75) is 52.7 Å². The Bertz CT molecular complexity index is 1030. The molecule has 0 radical (unpaired) electrons. The van der Waals surface area contributed by atoms with Gasteiger partial charge in [0, 0.05) is 5.56 Å². The average molecular weight is 432 g/mol. The van der Waals surface area contributed by atoms with Crippen molar-refractivity contribution in [3.63, 3.8) is 0 Å². The van der Waals surface area contributed by atoms with Crippen LogP contribution in [0.4, 0.5) is 5.95 Å². The van der Waals surface area contributed by atoms with Crippen LogP contribution in [0.5, 0.6) is 11.5 Å². The van der Waals surface area contributed by atoms with Gasteiger partial charge in [0.05, 0.1) is 17.6 Å². The minimum absolute atomic E-state index is 0. The Labute approximate surface area is 169 Å². The molecule has 1 aromatic heterocycles. The predicted octanol–water partition coefficient (Wildman–Crippen LogP) is 4.61. The molecule has 0 aliphatic carbocycles. The van der Waals surface area contributed by atoms with Crippen LogP contribution in [0.3, 0.4) is 0 Å². The lowest BCUT2D eigenvalue weighted by Crippen LogP contribution is -2.41. The molecule has 3 N–H and O–H groups in total. The molecule has 144 valence electrons. The Kier molecular flexibility index (Phi) is 4.89. The van der Waals surface area contributed by atoms with Crippen molar-refractivity contribution in [1.82, 2.24) is 9.55 Å². The highest BCUT2D eigenvalue weighted by Gasteiger charge is 2.35. The number of halogens is 1. The van der Waals surface area contributed by atoms with Crippen molar-refractivity contribution in [3.05, 3.63) is 46.5 Å². The van der Waals surface area contributed by atoms with E-state index in [-0.39, 0.29) is 22.6 Å². The van der Waals surface area contributed by atoms with Gasteiger partial charge in [0.25, 0.3) is 0 Å². The van der Waals surface area contributed by atoms with Crippen molar-refractivity contribution in [3.8, 4) is 11.5 Å². The number of rotatable bonds is 2. The van der Waals surface area contributed by atoms with E-state index in [0.717, 1.165) is 51.9 Å². The number of anilines is 1. The van der Waals surface area contributed by atoms with E-state index < -0.39 is 0 Å². The minimum atomic E-state index is -0.384. The van der Waals surface area contributed by atoms with Crippen molar-refractivity contribution >= 4 is 34.0 Å². The van der Waals surface area contributed by atoms with Gasteiger partial charge < -0.3 is 20.1 Å². The lowest BCUT2D eigenvalue weighted by Gasteiger charge is -2.38. The van der Waals surface area contributed by atoms with Gasteiger partial charge in [-0.1, -0.05) is 12.1 Å². The van der Waals surface area contributed by atoms with Gasteiger partial charge in [0.1, 0.15) is 17.1 Å². The zero-order chi connectivity index (χ0) is 18.6. The van der Waals surface area contributed by atoms with Crippen molar-refractivity contribution in [2.24, 2.45) is 0 Å². The van der Waals surface area contributed by atoms with Gasteiger partial charge in [-0.3, -0.25) is 0 Å². The second-order valence-electron chi connectivity index (χ2n) is 7.63. The van der Waals surface area contributed by atoms with Crippen LogP contribution in [0.1, 0.15) is 35.6 Å². The summed E-state index contributed by atoms with van der Waals surface area (Å²) in [5.74, 6) is 1.81. The van der Waals surface area contributed by atoms with Crippen LogP contribution >= 0.6 is 17.0 Å². The zero-order valence-electron chi connectivity index (χ0n) is 16.2. The number of nitrogens with two attached hydrogens (primary N) is 1. The largest absolute Gasteiger partial charge is 0.507 e. The molecule has 2 heterocycles. The molecule has 1 aliphatic rings. The molecule has 0 spiro atoms. The third-order valence-corrected chi connectivity index (χ3v) is 5.77. The number of phenols is 1. The molecule has 27 heavy (non-hydrogen) atoms. The molecule has 0 amide bonds. The summed E-state index contributed by atoms with van der Waals surface area (Å²) in [6.07, 6.45) is 1.73. The van der Waals surface area contributed by atoms with E-state index in [0.29, 0.717) is 18.2 Å². The van der Waals surface area contributed by atoms with Crippen molar-refractivity contribution in [1.29, 1.82) is 0 Å². The maximum atomic E-state index is 10.4. The second-order valence-corrected chi connectivity index (χ2v) is 7.63. The molecule has 1 aliphatic heterocycles. The van der Waals surface area contributed by atoms with Crippen LogP contribution in [-0.4, -0.2) is 20.3 Å². The quantitative estimate of drug-likeness (QED) is 0.620. The number of nitrogens with zero attached hydrogens (tertiary/aromatic N) is 2. The Morgan fingerprint density at radius 1 is 1.19 bits per heavy atom. The lowest BCUT2D eigenvalue weighted by atomic mass is 9.87. The zero-order valence-corrected chi connectivity index (χ0v) is 17.9. The van der Waals surface area contributed by atoms with Crippen molar-refractivity contribution < 1.29 is 9.84 Å². The normalized spacial score (nSPS) is 18.7. The Morgan fingerprint density at radius 2 is 1.89 bits per heavy atom. The summed E-state index contributed by atoms with van der Waals surface area (Å²) < 4.78 is 8.57. The first-order valence-electron chi connectivity index (χ1n) is 9.02. The molecule has 1 atom stereocenters. The van der Waals surface area contributed by atoms with Crippen LogP contribution in [0.15, 0.2) is 24.3 Å². The van der Waals surface area contributed by atoms with Crippen LogP contribution in [0.2, 0.25) is 0 Å². The first kappa shape index (κ1) is 19.5.